The zero-order valence-electron chi connectivity index (χ0n) is 14.5. The molecule has 1 aromatic rings. The number of likely N-dealkylation sites (tertiary alicyclic amines) is 1. The highest BCUT2D eigenvalue weighted by atomic mass is 79.9. The van der Waals surface area contributed by atoms with E-state index >= 15 is 0 Å². The molecule has 1 aliphatic heterocycles. The van der Waals surface area contributed by atoms with Gasteiger partial charge in [-0.25, -0.2) is 9.78 Å². The molecule has 1 aromatic heterocycles. The Labute approximate surface area is 159 Å². The number of nitrogens with one attached hydrogen (secondary N) is 2. The third kappa shape index (κ3) is 4.90. The largest absolute Gasteiger partial charge is 0.389 e. The van der Waals surface area contributed by atoms with Gasteiger partial charge in [-0.3, -0.25) is 15.4 Å². The van der Waals surface area contributed by atoms with Crippen molar-refractivity contribution < 1.29 is 14.5 Å². The van der Waals surface area contributed by atoms with Crippen molar-refractivity contribution in [2.75, 3.05) is 38.7 Å². The molecule has 1 atom stereocenters. The fraction of sp³-hybridized carbons (Fsp3) is 0.467. The number of nitrogens with zero attached hydrogens (tertiary/aromatic N) is 3. The molecule has 2 rings (SSSR count). The van der Waals surface area contributed by atoms with E-state index in [0.717, 1.165) is 5.57 Å². The average Bonchev–Trinajstić information content (AvgIpc) is 2.86. The molecular formula is C15H21BrN6O4. The lowest BCUT2D eigenvalue weighted by Crippen LogP contribution is -2.43. The SMILES string of the molecule is COCCNC=C1CN(C(=O)Nc2nc(Br)ccc2[N+](=O)[O-])CC1(C)N. The number of urea groups is 1. The van der Waals surface area contributed by atoms with Gasteiger partial charge in [0, 0.05) is 32.8 Å². The number of aromatic nitrogens is 1. The van der Waals surface area contributed by atoms with E-state index in [9.17, 15) is 14.9 Å². The molecule has 1 unspecified atom stereocenters. The Hall–Kier alpha value is -2.24. The van der Waals surface area contributed by atoms with E-state index in [4.69, 9.17) is 10.5 Å². The van der Waals surface area contributed by atoms with Crippen molar-refractivity contribution in [1.29, 1.82) is 0 Å². The van der Waals surface area contributed by atoms with Crippen LogP contribution in [0.25, 0.3) is 0 Å². The van der Waals surface area contributed by atoms with Crippen LogP contribution in [0.5, 0.6) is 0 Å². The monoisotopic (exact) mass is 428 g/mol. The van der Waals surface area contributed by atoms with Crippen molar-refractivity contribution in [3.63, 3.8) is 0 Å². The standard InChI is InChI=1S/C15H21BrN6O4/c1-15(17)9-21(8-10(15)7-18-5-6-26-2)14(23)20-13-11(22(24)25)3-4-12(16)19-13/h3-4,7,18H,5-6,8-9,17H2,1-2H3,(H,19,20,23). The summed E-state index contributed by atoms with van der Waals surface area (Å²) in [5.41, 5.74) is 6.13. The summed E-state index contributed by atoms with van der Waals surface area (Å²) in [6.07, 6.45) is 1.78. The Morgan fingerprint density at radius 3 is 3.00 bits per heavy atom. The number of halogens is 1. The minimum atomic E-state index is -0.700. The Morgan fingerprint density at radius 1 is 1.62 bits per heavy atom. The average molecular weight is 429 g/mol. The molecule has 2 amide bonds. The zero-order valence-corrected chi connectivity index (χ0v) is 16.1. The first kappa shape index (κ1) is 20.1. The van der Waals surface area contributed by atoms with Crippen LogP contribution >= 0.6 is 15.9 Å². The quantitative estimate of drug-likeness (QED) is 0.269. The predicted octanol–water partition coefficient (Wildman–Crippen LogP) is 1.44. The summed E-state index contributed by atoms with van der Waals surface area (Å²) in [5.74, 6) is -0.122. The maximum Gasteiger partial charge on any atom is 0.323 e. The normalized spacial score (nSPS) is 21.1. The maximum atomic E-state index is 12.5. The molecule has 2 heterocycles. The van der Waals surface area contributed by atoms with E-state index in [2.05, 4.69) is 31.5 Å². The number of nitrogens with two attached hydrogens (primary N) is 1. The minimum absolute atomic E-state index is 0.122. The topological polar surface area (TPSA) is 136 Å². The van der Waals surface area contributed by atoms with Crippen molar-refractivity contribution >= 4 is 33.5 Å². The van der Waals surface area contributed by atoms with Crippen LogP contribution in [-0.2, 0) is 4.74 Å². The van der Waals surface area contributed by atoms with E-state index in [-0.39, 0.29) is 18.1 Å². The molecule has 4 N–H and O–H groups in total. The van der Waals surface area contributed by atoms with E-state index in [1.54, 1.807) is 13.3 Å². The van der Waals surface area contributed by atoms with Crippen LogP contribution in [0.1, 0.15) is 6.92 Å². The van der Waals surface area contributed by atoms with Gasteiger partial charge in [0.2, 0.25) is 5.82 Å². The summed E-state index contributed by atoms with van der Waals surface area (Å²) in [6.45, 7) is 3.58. The Balaban J connectivity index is 2.09. The molecule has 0 radical (unpaired) electrons. The van der Waals surface area contributed by atoms with Gasteiger partial charge in [-0.2, -0.15) is 0 Å². The molecule has 0 bridgehead atoms. The second kappa shape index (κ2) is 8.43. The first-order valence-electron chi connectivity index (χ1n) is 7.82. The van der Waals surface area contributed by atoms with Crippen LogP contribution in [0.2, 0.25) is 0 Å². The molecule has 0 saturated carbocycles. The van der Waals surface area contributed by atoms with Gasteiger partial charge in [0.25, 0.3) is 0 Å². The first-order valence-corrected chi connectivity index (χ1v) is 8.61. The van der Waals surface area contributed by atoms with Crippen LogP contribution in [0, 0.1) is 10.1 Å². The third-order valence-corrected chi connectivity index (χ3v) is 4.33. The van der Waals surface area contributed by atoms with Gasteiger partial charge in [0.1, 0.15) is 4.60 Å². The summed E-state index contributed by atoms with van der Waals surface area (Å²) < 4.78 is 5.34. The lowest BCUT2D eigenvalue weighted by molar-refractivity contribution is -0.384. The van der Waals surface area contributed by atoms with Crippen molar-refractivity contribution in [2.45, 2.75) is 12.5 Å². The van der Waals surface area contributed by atoms with E-state index in [1.165, 1.54) is 17.0 Å². The van der Waals surface area contributed by atoms with Crippen LogP contribution < -0.4 is 16.4 Å². The van der Waals surface area contributed by atoms with Crippen molar-refractivity contribution in [3.8, 4) is 0 Å². The second-order valence-corrected chi connectivity index (χ2v) is 6.89. The number of rotatable bonds is 6. The summed E-state index contributed by atoms with van der Waals surface area (Å²) in [6, 6.07) is 2.21. The molecule has 0 aliphatic carbocycles. The molecule has 26 heavy (non-hydrogen) atoms. The van der Waals surface area contributed by atoms with Crippen LogP contribution in [0.4, 0.5) is 16.3 Å². The summed E-state index contributed by atoms with van der Waals surface area (Å²) in [5, 5.41) is 16.7. The van der Waals surface area contributed by atoms with Gasteiger partial charge in [0.15, 0.2) is 0 Å². The van der Waals surface area contributed by atoms with Gasteiger partial charge in [-0.05, 0) is 40.7 Å². The summed E-state index contributed by atoms with van der Waals surface area (Å²) in [7, 11) is 1.61. The number of carbonyl (C=O) groups excluding carboxylic acids is 1. The van der Waals surface area contributed by atoms with Crippen LogP contribution in [0.15, 0.2) is 28.5 Å². The lowest BCUT2D eigenvalue weighted by atomic mass is 9.98. The van der Waals surface area contributed by atoms with Gasteiger partial charge < -0.3 is 20.7 Å². The Bertz CT molecular complexity index is 724. The number of pyridine rings is 1. The molecule has 1 fully saturated rings. The van der Waals surface area contributed by atoms with Gasteiger partial charge >= 0.3 is 11.7 Å². The number of ether oxygens (including phenoxy) is 1. The van der Waals surface area contributed by atoms with Crippen molar-refractivity contribution in [3.05, 3.63) is 38.6 Å². The van der Waals surface area contributed by atoms with Crippen molar-refractivity contribution in [1.82, 2.24) is 15.2 Å². The highest BCUT2D eigenvalue weighted by Gasteiger charge is 2.38. The number of carbonyl (C=O) groups is 1. The van der Waals surface area contributed by atoms with E-state index < -0.39 is 16.5 Å². The van der Waals surface area contributed by atoms with Crippen LogP contribution in [0.3, 0.4) is 0 Å². The maximum absolute atomic E-state index is 12.5. The number of hydrogen-bond donors (Lipinski definition) is 3. The Morgan fingerprint density at radius 2 is 2.35 bits per heavy atom. The van der Waals surface area contributed by atoms with E-state index in [1.807, 2.05) is 6.92 Å². The number of nitro groups is 1. The predicted molar refractivity (Wildman–Crippen MR) is 99.7 cm³/mol. The molecule has 1 aliphatic rings. The second-order valence-electron chi connectivity index (χ2n) is 6.08. The highest BCUT2D eigenvalue weighted by molar-refractivity contribution is 9.10. The first-order chi connectivity index (χ1) is 12.2. The molecule has 10 nitrogen and oxygen atoms in total. The zero-order chi connectivity index (χ0) is 19.3. The van der Waals surface area contributed by atoms with E-state index in [0.29, 0.717) is 24.3 Å². The van der Waals surface area contributed by atoms with Crippen LogP contribution in [-0.4, -0.2) is 59.7 Å². The minimum Gasteiger partial charge on any atom is -0.389 e. The summed E-state index contributed by atoms with van der Waals surface area (Å²) in [4.78, 5) is 28.5. The molecule has 142 valence electrons. The highest BCUT2D eigenvalue weighted by Crippen LogP contribution is 2.27. The molecule has 0 aromatic carbocycles. The fourth-order valence-electron chi connectivity index (χ4n) is 2.50. The molecule has 1 saturated heterocycles. The molecule has 0 spiro atoms. The third-order valence-electron chi connectivity index (χ3n) is 3.89. The number of amides is 2. The smallest absolute Gasteiger partial charge is 0.323 e. The van der Waals surface area contributed by atoms with Gasteiger partial charge in [-0.1, -0.05) is 0 Å². The Kier molecular flexibility index (Phi) is 6.51. The number of anilines is 1. The lowest BCUT2D eigenvalue weighted by Gasteiger charge is -2.20. The van der Waals surface area contributed by atoms with Gasteiger partial charge in [-0.15, -0.1) is 0 Å². The molecular weight excluding hydrogens is 408 g/mol. The number of hydrogen-bond acceptors (Lipinski definition) is 7. The van der Waals surface area contributed by atoms with Gasteiger partial charge in [0.05, 0.1) is 17.1 Å². The number of methoxy groups -OCH3 is 1. The molecule has 11 heteroatoms. The van der Waals surface area contributed by atoms with Crippen molar-refractivity contribution in [2.24, 2.45) is 5.73 Å². The summed E-state index contributed by atoms with van der Waals surface area (Å²) >= 11 is 3.14. The fourth-order valence-corrected chi connectivity index (χ4v) is 2.81.